The van der Waals surface area contributed by atoms with Crippen LogP contribution in [0.1, 0.15) is 15.9 Å². The predicted molar refractivity (Wildman–Crippen MR) is 78.8 cm³/mol. The zero-order valence-corrected chi connectivity index (χ0v) is 12.2. The highest BCUT2D eigenvalue weighted by molar-refractivity contribution is 5.96. The zero-order valence-electron chi connectivity index (χ0n) is 12.2. The molecule has 112 valence electrons. The van der Waals surface area contributed by atoms with Crippen LogP contribution in [0.15, 0.2) is 30.3 Å². The maximum atomic E-state index is 12.1. The van der Waals surface area contributed by atoms with E-state index in [1.165, 1.54) is 15.9 Å². The second kappa shape index (κ2) is 7.23. The summed E-state index contributed by atoms with van der Waals surface area (Å²) in [6.45, 7) is 0.00645. The Bertz CT molecular complexity index is 562. The smallest absolute Gasteiger partial charge is 0.328 e. The van der Waals surface area contributed by atoms with Crippen molar-refractivity contribution >= 4 is 23.9 Å². The van der Waals surface area contributed by atoms with Gasteiger partial charge in [-0.25, -0.2) is 4.79 Å². The zero-order chi connectivity index (χ0) is 16.0. The van der Waals surface area contributed by atoms with Crippen molar-refractivity contribution in [2.24, 2.45) is 0 Å². The molecular weight excluding hydrogens is 272 g/mol. The average molecular weight is 290 g/mol. The van der Waals surface area contributed by atoms with Crippen molar-refractivity contribution in [1.29, 1.82) is 0 Å². The van der Waals surface area contributed by atoms with E-state index in [1.54, 1.807) is 45.4 Å². The molecule has 1 aromatic carbocycles. The van der Waals surface area contributed by atoms with E-state index in [4.69, 9.17) is 5.11 Å². The lowest BCUT2D eigenvalue weighted by molar-refractivity contribution is -0.131. The molecule has 0 radical (unpaired) electrons. The minimum absolute atomic E-state index is 0.00645. The van der Waals surface area contributed by atoms with Gasteiger partial charge in [-0.15, -0.1) is 0 Å². The third-order valence-corrected chi connectivity index (χ3v) is 2.79. The SMILES string of the molecule is CN(C)C(=O)CN(C)C(=O)c1ccc(C=CC(=O)O)cc1. The fraction of sp³-hybridized carbons (Fsp3) is 0.267. The monoisotopic (exact) mass is 290 g/mol. The molecule has 1 rings (SSSR count). The number of rotatable bonds is 5. The first-order valence-electron chi connectivity index (χ1n) is 6.28. The van der Waals surface area contributed by atoms with Gasteiger partial charge in [0.15, 0.2) is 0 Å². The van der Waals surface area contributed by atoms with Crippen LogP contribution >= 0.6 is 0 Å². The average Bonchev–Trinajstić information content (AvgIpc) is 2.44. The Morgan fingerprint density at radius 3 is 2.14 bits per heavy atom. The number of hydrogen-bond donors (Lipinski definition) is 1. The summed E-state index contributed by atoms with van der Waals surface area (Å²) in [4.78, 5) is 36.9. The van der Waals surface area contributed by atoms with Gasteiger partial charge in [0.2, 0.25) is 5.91 Å². The maximum Gasteiger partial charge on any atom is 0.328 e. The summed E-state index contributed by atoms with van der Waals surface area (Å²) in [5.74, 6) is -1.46. The van der Waals surface area contributed by atoms with Gasteiger partial charge in [-0.2, -0.15) is 0 Å². The van der Waals surface area contributed by atoms with E-state index in [-0.39, 0.29) is 18.4 Å². The van der Waals surface area contributed by atoms with Crippen LogP contribution in [0, 0.1) is 0 Å². The van der Waals surface area contributed by atoms with E-state index in [0.717, 1.165) is 6.08 Å². The van der Waals surface area contributed by atoms with Crippen molar-refractivity contribution in [3.8, 4) is 0 Å². The maximum absolute atomic E-state index is 12.1. The molecule has 0 saturated heterocycles. The molecule has 1 N–H and O–H groups in total. The Hall–Kier alpha value is -2.63. The van der Waals surface area contributed by atoms with Crippen LogP contribution in [0.2, 0.25) is 0 Å². The highest BCUT2D eigenvalue weighted by Crippen LogP contribution is 2.08. The Kier molecular flexibility index (Phi) is 5.66. The third kappa shape index (κ3) is 5.10. The number of hydrogen-bond acceptors (Lipinski definition) is 3. The lowest BCUT2D eigenvalue weighted by atomic mass is 10.1. The lowest BCUT2D eigenvalue weighted by Gasteiger charge is -2.19. The second-order valence-electron chi connectivity index (χ2n) is 4.74. The van der Waals surface area contributed by atoms with Crippen molar-refractivity contribution in [2.75, 3.05) is 27.7 Å². The molecule has 0 aliphatic rings. The first kappa shape index (κ1) is 16.4. The van der Waals surface area contributed by atoms with Gasteiger partial charge < -0.3 is 14.9 Å². The molecule has 0 bridgehead atoms. The molecule has 6 heteroatoms. The first-order chi connectivity index (χ1) is 9.81. The van der Waals surface area contributed by atoms with Crippen LogP contribution in [0.5, 0.6) is 0 Å². The quantitative estimate of drug-likeness (QED) is 0.819. The third-order valence-electron chi connectivity index (χ3n) is 2.79. The van der Waals surface area contributed by atoms with Gasteiger partial charge in [0.25, 0.3) is 5.91 Å². The minimum atomic E-state index is -1.03. The van der Waals surface area contributed by atoms with E-state index < -0.39 is 5.97 Å². The van der Waals surface area contributed by atoms with E-state index >= 15 is 0 Å². The molecule has 0 fully saturated rings. The van der Waals surface area contributed by atoms with Crippen molar-refractivity contribution in [3.63, 3.8) is 0 Å². The molecule has 6 nitrogen and oxygen atoms in total. The standard InChI is InChI=1S/C15H18N2O4/c1-16(2)13(18)10-17(3)15(21)12-7-4-11(5-8-12)6-9-14(19)20/h4-9H,10H2,1-3H3,(H,19,20). The van der Waals surface area contributed by atoms with Gasteiger partial charge in [-0.05, 0) is 23.8 Å². The molecule has 2 amide bonds. The molecule has 0 heterocycles. The number of carboxylic acid groups (broad SMARTS) is 1. The van der Waals surface area contributed by atoms with Crippen LogP contribution in [-0.4, -0.2) is 60.4 Å². The number of amides is 2. The minimum Gasteiger partial charge on any atom is -0.478 e. The molecule has 0 aliphatic carbocycles. The Morgan fingerprint density at radius 2 is 1.67 bits per heavy atom. The summed E-state index contributed by atoms with van der Waals surface area (Å²) in [7, 11) is 4.82. The number of benzene rings is 1. The lowest BCUT2D eigenvalue weighted by Crippen LogP contribution is -2.37. The van der Waals surface area contributed by atoms with Gasteiger partial charge >= 0.3 is 5.97 Å². The van der Waals surface area contributed by atoms with Crippen molar-refractivity contribution in [2.45, 2.75) is 0 Å². The molecular formula is C15H18N2O4. The highest BCUT2D eigenvalue weighted by atomic mass is 16.4. The first-order valence-corrected chi connectivity index (χ1v) is 6.28. The number of carbonyl (C=O) groups excluding carboxylic acids is 2. The Morgan fingerprint density at radius 1 is 1.10 bits per heavy atom. The molecule has 0 unspecified atom stereocenters. The summed E-state index contributed by atoms with van der Waals surface area (Å²) in [6.07, 6.45) is 2.47. The summed E-state index contributed by atoms with van der Waals surface area (Å²) < 4.78 is 0. The van der Waals surface area contributed by atoms with Crippen molar-refractivity contribution in [3.05, 3.63) is 41.5 Å². The molecule has 0 spiro atoms. The molecule has 0 atom stereocenters. The number of carboxylic acids is 1. The second-order valence-corrected chi connectivity index (χ2v) is 4.74. The summed E-state index contributed by atoms with van der Waals surface area (Å²) in [5.41, 5.74) is 1.12. The summed E-state index contributed by atoms with van der Waals surface area (Å²) in [5, 5.41) is 8.54. The van der Waals surface area contributed by atoms with Gasteiger partial charge in [0.05, 0.1) is 6.54 Å². The van der Waals surface area contributed by atoms with E-state index in [1.807, 2.05) is 0 Å². The molecule has 0 aliphatic heterocycles. The summed E-state index contributed by atoms with van der Waals surface area (Å²) in [6, 6.07) is 6.49. The summed E-state index contributed by atoms with van der Waals surface area (Å²) >= 11 is 0. The van der Waals surface area contributed by atoms with E-state index in [2.05, 4.69) is 0 Å². The van der Waals surface area contributed by atoms with Crippen LogP contribution in [0.25, 0.3) is 6.08 Å². The number of nitrogens with zero attached hydrogens (tertiary/aromatic N) is 2. The predicted octanol–water partition coefficient (Wildman–Crippen LogP) is 0.945. The molecule has 21 heavy (non-hydrogen) atoms. The molecule has 0 aromatic heterocycles. The number of likely N-dealkylation sites (N-methyl/N-ethyl adjacent to an activating group) is 2. The van der Waals surface area contributed by atoms with Crippen LogP contribution in [0.3, 0.4) is 0 Å². The number of carbonyl (C=O) groups is 3. The van der Waals surface area contributed by atoms with Crippen molar-refractivity contribution in [1.82, 2.24) is 9.80 Å². The Balaban J connectivity index is 2.75. The van der Waals surface area contributed by atoms with Crippen LogP contribution < -0.4 is 0 Å². The van der Waals surface area contributed by atoms with E-state index in [0.29, 0.717) is 11.1 Å². The van der Waals surface area contributed by atoms with Gasteiger partial charge in [0.1, 0.15) is 0 Å². The highest BCUT2D eigenvalue weighted by Gasteiger charge is 2.15. The topological polar surface area (TPSA) is 77.9 Å². The Labute approximate surface area is 123 Å². The number of aliphatic carboxylic acids is 1. The van der Waals surface area contributed by atoms with Crippen LogP contribution in [-0.2, 0) is 9.59 Å². The van der Waals surface area contributed by atoms with Gasteiger partial charge in [-0.1, -0.05) is 12.1 Å². The molecule has 0 saturated carbocycles. The van der Waals surface area contributed by atoms with Crippen molar-refractivity contribution < 1.29 is 19.5 Å². The van der Waals surface area contributed by atoms with Gasteiger partial charge in [0, 0.05) is 32.8 Å². The fourth-order valence-electron chi connectivity index (χ4n) is 1.54. The normalized spacial score (nSPS) is 10.4. The largest absolute Gasteiger partial charge is 0.478 e. The van der Waals surface area contributed by atoms with Crippen LogP contribution in [0.4, 0.5) is 0 Å². The fourth-order valence-corrected chi connectivity index (χ4v) is 1.54. The van der Waals surface area contributed by atoms with E-state index in [9.17, 15) is 14.4 Å². The molecule has 1 aromatic rings. The van der Waals surface area contributed by atoms with Gasteiger partial charge in [-0.3, -0.25) is 9.59 Å².